The normalized spacial score (nSPS) is 32.7. The van der Waals surface area contributed by atoms with Crippen LogP contribution in [0.15, 0.2) is 0 Å². The van der Waals surface area contributed by atoms with Crippen molar-refractivity contribution in [2.24, 2.45) is 11.3 Å². The third-order valence-electron chi connectivity index (χ3n) is 8.86. The average molecular weight is 441 g/mol. The first kappa shape index (κ1) is 25.3. The van der Waals surface area contributed by atoms with E-state index in [0.29, 0.717) is 24.5 Å². The van der Waals surface area contributed by atoms with E-state index in [9.17, 15) is 4.79 Å². The second kappa shape index (κ2) is 8.18. The first-order chi connectivity index (χ1) is 12.9. The van der Waals surface area contributed by atoms with Gasteiger partial charge in [0.05, 0.1) is 6.10 Å². The van der Waals surface area contributed by atoms with Gasteiger partial charge in [0.2, 0.25) is 0 Å². The number of carbonyl (C=O) groups excluding carboxylic acids is 1. The summed E-state index contributed by atoms with van der Waals surface area (Å²) in [7, 11) is -3.74. The van der Waals surface area contributed by atoms with Crippen LogP contribution in [0.5, 0.6) is 0 Å². The molecule has 2 fully saturated rings. The van der Waals surface area contributed by atoms with Crippen LogP contribution in [0.3, 0.4) is 0 Å². The molecule has 0 spiro atoms. The third kappa shape index (κ3) is 5.27. The summed E-state index contributed by atoms with van der Waals surface area (Å²) in [6, 6.07) is 0. The Hall–Kier alpha value is 0.0238. The van der Waals surface area contributed by atoms with E-state index in [1.54, 1.807) is 0 Å². The molecule has 0 aromatic heterocycles. The first-order valence-corrected chi connectivity index (χ1v) is 17.6. The number of ketones is 1. The molecule has 2 saturated carbocycles. The molecule has 2 rings (SSSR count). The Kier molecular flexibility index (Phi) is 7.13. The second-order valence-electron chi connectivity index (χ2n) is 13.1. The molecule has 170 valence electrons. The highest BCUT2D eigenvalue weighted by Crippen LogP contribution is 2.55. The Balaban J connectivity index is 2.34. The van der Waals surface area contributed by atoms with Crippen LogP contribution in [0.25, 0.3) is 0 Å². The van der Waals surface area contributed by atoms with E-state index in [1.807, 2.05) is 0 Å². The zero-order valence-electron chi connectivity index (χ0n) is 21.2. The summed E-state index contributed by atoms with van der Waals surface area (Å²) < 4.78 is 14.0. The van der Waals surface area contributed by atoms with Crippen molar-refractivity contribution in [3.05, 3.63) is 0 Å². The van der Waals surface area contributed by atoms with Gasteiger partial charge in [-0.25, -0.2) is 0 Å². The van der Waals surface area contributed by atoms with Gasteiger partial charge in [-0.15, -0.1) is 0 Å². The molecule has 0 aliphatic heterocycles. The van der Waals surface area contributed by atoms with Crippen molar-refractivity contribution >= 4 is 22.4 Å². The molecule has 4 atom stereocenters. The Bertz CT molecular complexity index is 600. The molecule has 0 bridgehead atoms. The Morgan fingerprint density at radius 1 is 0.897 bits per heavy atom. The van der Waals surface area contributed by atoms with Gasteiger partial charge in [-0.05, 0) is 73.3 Å². The van der Waals surface area contributed by atoms with Crippen LogP contribution in [0.2, 0.25) is 36.3 Å². The minimum atomic E-state index is -1.87. The molecule has 2 aliphatic carbocycles. The topological polar surface area (TPSA) is 35.5 Å². The largest absolute Gasteiger partial charge is 0.414 e. The number of Topliss-reactive ketones (excluding diaryl/α,β-unsaturated/α-hetero) is 1. The van der Waals surface area contributed by atoms with Gasteiger partial charge < -0.3 is 8.85 Å². The maximum atomic E-state index is 12.7. The highest BCUT2D eigenvalue weighted by Gasteiger charge is 2.55. The number of rotatable bonds is 4. The van der Waals surface area contributed by atoms with E-state index in [1.165, 1.54) is 0 Å². The van der Waals surface area contributed by atoms with E-state index in [4.69, 9.17) is 8.85 Å². The molecular weight excluding hydrogens is 392 g/mol. The van der Waals surface area contributed by atoms with Crippen LogP contribution < -0.4 is 0 Å². The number of hydrogen-bond acceptors (Lipinski definition) is 3. The van der Waals surface area contributed by atoms with Crippen LogP contribution in [0.1, 0.15) is 87.0 Å². The van der Waals surface area contributed by atoms with E-state index in [2.05, 4.69) is 74.7 Å². The lowest BCUT2D eigenvalue weighted by atomic mass is 9.69. The van der Waals surface area contributed by atoms with E-state index >= 15 is 0 Å². The number of fused-ring (bicyclic) bond motifs is 1. The van der Waals surface area contributed by atoms with E-state index < -0.39 is 16.6 Å². The van der Waals surface area contributed by atoms with Crippen LogP contribution in [0.4, 0.5) is 0 Å². The quantitative estimate of drug-likeness (QED) is 0.429. The SMILES string of the molecule is CC(C)(C)[Si](C)(C)O[C@H]1CC[C@]2(C)[C@@H](O[Si](C)(C)C(C)(C)C)CCCC(=O)C[C@@H]12. The lowest BCUT2D eigenvalue weighted by Gasteiger charge is -2.48. The van der Waals surface area contributed by atoms with Crippen molar-refractivity contribution in [2.45, 2.75) is 135 Å². The maximum absolute atomic E-state index is 12.7. The predicted molar refractivity (Wildman–Crippen MR) is 128 cm³/mol. The smallest absolute Gasteiger partial charge is 0.192 e. The molecular formula is C24H48O3Si2. The average Bonchev–Trinajstić information content (AvgIpc) is 2.80. The van der Waals surface area contributed by atoms with Gasteiger partial charge in [-0.2, -0.15) is 0 Å². The monoisotopic (exact) mass is 440 g/mol. The van der Waals surface area contributed by atoms with Gasteiger partial charge in [0.25, 0.3) is 0 Å². The van der Waals surface area contributed by atoms with Crippen molar-refractivity contribution in [3.63, 3.8) is 0 Å². The molecule has 0 N–H and O–H groups in total. The Morgan fingerprint density at radius 3 is 1.93 bits per heavy atom. The van der Waals surface area contributed by atoms with Gasteiger partial charge in [-0.1, -0.05) is 48.5 Å². The van der Waals surface area contributed by atoms with Gasteiger partial charge in [0, 0.05) is 18.9 Å². The molecule has 2 aliphatic rings. The summed E-state index contributed by atoms with van der Waals surface area (Å²) in [5.74, 6) is 0.719. The van der Waals surface area contributed by atoms with Gasteiger partial charge in [0.15, 0.2) is 16.6 Å². The number of carbonyl (C=O) groups is 1. The van der Waals surface area contributed by atoms with Crippen molar-refractivity contribution in [1.29, 1.82) is 0 Å². The predicted octanol–water partition coefficient (Wildman–Crippen LogP) is 7.33. The van der Waals surface area contributed by atoms with Gasteiger partial charge in [-0.3, -0.25) is 4.79 Å². The number of hydrogen-bond donors (Lipinski definition) is 0. The molecule has 0 radical (unpaired) electrons. The second-order valence-corrected chi connectivity index (χ2v) is 22.6. The zero-order chi connectivity index (χ0) is 22.5. The summed E-state index contributed by atoms with van der Waals surface area (Å²) in [5, 5.41) is 0.390. The standard InChI is InChI=1S/C24H48O3Si2/c1-22(2,3)28(8,9)26-20-15-16-24(7)19(20)17-18(25)13-12-14-21(24)27-29(10,11)23(4,5)6/h19-21H,12-17H2,1-11H3/t19-,20-,21-,24-/m0/s1. The van der Waals surface area contributed by atoms with Crippen molar-refractivity contribution in [3.8, 4) is 0 Å². The minimum absolute atomic E-state index is 0.0403. The summed E-state index contributed by atoms with van der Waals surface area (Å²) in [5.41, 5.74) is 0.0403. The molecule has 0 aromatic rings. The first-order valence-electron chi connectivity index (χ1n) is 11.8. The Labute approximate surface area is 183 Å². The third-order valence-corrected chi connectivity index (χ3v) is 17.9. The van der Waals surface area contributed by atoms with Gasteiger partial charge >= 0.3 is 0 Å². The van der Waals surface area contributed by atoms with Crippen LogP contribution >= 0.6 is 0 Å². The Morgan fingerprint density at radius 2 is 1.41 bits per heavy atom. The fourth-order valence-electron chi connectivity index (χ4n) is 4.61. The van der Waals surface area contributed by atoms with Gasteiger partial charge in [0.1, 0.15) is 5.78 Å². The zero-order valence-corrected chi connectivity index (χ0v) is 23.2. The summed E-state index contributed by atoms with van der Waals surface area (Å²) in [4.78, 5) is 12.7. The molecule has 0 saturated heterocycles. The van der Waals surface area contributed by atoms with Crippen LogP contribution in [-0.4, -0.2) is 34.6 Å². The summed E-state index contributed by atoms with van der Waals surface area (Å²) in [6.07, 6.45) is 5.99. The van der Waals surface area contributed by atoms with E-state index in [0.717, 1.165) is 25.7 Å². The fourth-order valence-corrected chi connectivity index (χ4v) is 7.46. The minimum Gasteiger partial charge on any atom is -0.414 e. The molecule has 0 amide bonds. The molecule has 0 heterocycles. The van der Waals surface area contributed by atoms with Crippen molar-refractivity contribution < 1.29 is 13.6 Å². The van der Waals surface area contributed by atoms with Crippen LogP contribution in [-0.2, 0) is 13.6 Å². The highest BCUT2D eigenvalue weighted by atomic mass is 28.4. The summed E-state index contributed by atoms with van der Waals surface area (Å²) in [6.45, 7) is 25.7. The van der Waals surface area contributed by atoms with Crippen molar-refractivity contribution in [2.75, 3.05) is 0 Å². The molecule has 5 heteroatoms. The summed E-state index contributed by atoms with van der Waals surface area (Å²) >= 11 is 0. The molecule has 29 heavy (non-hydrogen) atoms. The van der Waals surface area contributed by atoms with E-state index in [-0.39, 0.29) is 27.7 Å². The fraction of sp³-hybridized carbons (Fsp3) is 0.958. The molecule has 0 unspecified atom stereocenters. The molecule has 3 nitrogen and oxygen atoms in total. The lowest BCUT2D eigenvalue weighted by Crippen LogP contribution is -2.52. The van der Waals surface area contributed by atoms with Crippen molar-refractivity contribution in [1.82, 2.24) is 0 Å². The highest BCUT2D eigenvalue weighted by molar-refractivity contribution is 6.74. The lowest BCUT2D eigenvalue weighted by molar-refractivity contribution is -0.124. The molecule has 0 aromatic carbocycles. The van der Waals surface area contributed by atoms with Crippen LogP contribution in [0, 0.1) is 11.3 Å². The maximum Gasteiger partial charge on any atom is 0.192 e.